The number of anilines is 1. The quantitative estimate of drug-likeness (QED) is 0.451. The molecule has 2 aromatic carbocycles. The van der Waals surface area contributed by atoms with Gasteiger partial charge in [-0.15, -0.1) is 0 Å². The summed E-state index contributed by atoms with van der Waals surface area (Å²) in [7, 11) is 1.57. The van der Waals surface area contributed by atoms with Gasteiger partial charge >= 0.3 is 0 Å². The minimum Gasteiger partial charge on any atom is -0.383 e. The lowest BCUT2D eigenvalue weighted by atomic mass is 10.1. The van der Waals surface area contributed by atoms with Gasteiger partial charge in [0, 0.05) is 17.8 Å². The second-order valence-electron chi connectivity index (χ2n) is 6.64. The molecule has 8 heteroatoms. The number of ether oxygens (including phenoxy) is 1. The molecule has 0 aliphatic rings. The van der Waals surface area contributed by atoms with Gasteiger partial charge in [-0.3, -0.25) is 14.2 Å². The minimum absolute atomic E-state index is 0.123. The summed E-state index contributed by atoms with van der Waals surface area (Å²) < 4.78 is 6.65. The van der Waals surface area contributed by atoms with Crippen molar-refractivity contribution in [2.45, 2.75) is 25.5 Å². The van der Waals surface area contributed by atoms with Crippen molar-refractivity contribution in [3.8, 4) is 0 Å². The topological polar surface area (TPSA) is 73.2 Å². The summed E-state index contributed by atoms with van der Waals surface area (Å²) in [6.45, 7) is 4.73. The van der Waals surface area contributed by atoms with Crippen molar-refractivity contribution < 1.29 is 9.53 Å². The number of halogens is 1. The van der Waals surface area contributed by atoms with E-state index < -0.39 is 0 Å². The van der Waals surface area contributed by atoms with Crippen molar-refractivity contribution in [2.24, 2.45) is 0 Å². The molecule has 0 aliphatic carbocycles. The van der Waals surface area contributed by atoms with Crippen LogP contribution < -0.4 is 10.9 Å². The molecule has 0 saturated heterocycles. The molecule has 6 nitrogen and oxygen atoms in total. The van der Waals surface area contributed by atoms with Gasteiger partial charge in [-0.2, -0.15) is 0 Å². The van der Waals surface area contributed by atoms with Crippen molar-refractivity contribution in [1.29, 1.82) is 0 Å². The molecule has 0 unspecified atom stereocenters. The van der Waals surface area contributed by atoms with Crippen LogP contribution in [-0.4, -0.2) is 34.9 Å². The molecule has 1 aromatic heterocycles. The number of hydrogen-bond acceptors (Lipinski definition) is 5. The van der Waals surface area contributed by atoms with Gasteiger partial charge in [-0.1, -0.05) is 29.4 Å². The van der Waals surface area contributed by atoms with Crippen molar-refractivity contribution in [3.05, 3.63) is 62.9 Å². The van der Waals surface area contributed by atoms with E-state index >= 15 is 0 Å². The average molecular weight is 432 g/mol. The van der Waals surface area contributed by atoms with Crippen LogP contribution in [0.4, 0.5) is 5.69 Å². The number of amides is 1. The summed E-state index contributed by atoms with van der Waals surface area (Å²) in [5.41, 5.74) is 3.35. The van der Waals surface area contributed by atoms with Gasteiger partial charge in [-0.05, 0) is 55.3 Å². The van der Waals surface area contributed by atoms with Gasteiger partial charge in [0.25, 0.3) is 5.56 Å². The highest BCUT2D eigenvalue weighted by Crippen LogP contribution is 2.21. The Morgan fingerprint density at radius 1 is 1.21 bits per heavy atom. The van der Waals surface area contributed by atoms with Gasteiger partial charge in [0.2, 0.25) is 5.91 Å². The molecule has 152 valence electrons. The van der Waals surface area contributed by atoms with Gasteiger partial charge in [-0.25, -0.2) is 4.98 Å². The zero-order valence-electron chi connectivity index (χ0n) is 16.5. The first-order valence-corrected chi connectivity index (χ1v) is 10.4. The lowest BCUT2D eigenvalue weighted by Gasteiger charge is -2.13. The normalized spacial score (nSPS) is 11.0. The van der Waals surface area contributed by atoms with Crippen LogP contribution in [0.25, 0.3) is 10.9 Å². The van der Waals surface area contributed by atoms with E-state index in [1.54, 1.807) is 25.3 Å². The van der Waals surface area contributed by atoms with E-state index in [0.29, 0.717) is 34.2 Å². The average Bonchev–Trinajstić information content (AvgIpc) is 2.68. The highest BCUT2D eigenvalue weighted by molar-refractivity contribution is 7.99. The summed E-state index contributed by atoms with van der Waals surface area (Å²) in [5, 5.41) is 4.32. The fraction of sp³-hybridized carbons (Fsp3) is 0.286. The van der Waals surface area contributed by atoms with E-state index in [0.717, 1.165) is 11.3 Å². The number of methoxy groups -OCH3 is 1. The van der Waals surface area contributed by atoms with Crippen molar-refractivity contribution in [3.63, 3.8) is 0 Å². The molecule has 1 heterocycles. The number of hydrogen-bond donors (Lipinski definition) is 1. The van der Waals surface area contributed by atoms with Crippen molar-refractivity contribution in [1.82, 2.24) is 9.55 Å². The maximum absolute atomic E-state index is 12.9. The standard InChI is InChI=1S/C21H22ClN3O3S/c1-13-4-6-16(10-14(13)2)23-19(26)12-29-21-24-18-11-15(22)5-7-17(18)20(27)25(21)8-9-28-3/h4-7,10-11H,8-9,12H2,1-3H3,(H,23,26). The number of thioether (sulfide) groups is 1. The van der Waals surface area contributed by atoms with E-state index in [2.05, 4.69) is 10.3 Å². The predicted octanol–water partition coefficient (Wildman–Crippen LogP) is 4.04. The number of carbonyl (C=O) groups excluding carboxylic acids is 1. The number of aromatic nitrogens is 2. The number of nitrogens with zero attached hydrogens (tertiary/aromatic N) is 2. The third-order valence-corrected chi connectivity index (χ3v) is 5.74. The highest BCUT2D eigenvalue weighted by atomic mass is 35.5. The molecule has 0 fully saturated rings. The molecule has 0 atom stereocenters. The van der Waals surface area contributed by atoms with Gasteiger partial charge in [0.1, 0.15) is 0 Å². The SMILES string of the molecule is COCCn1c(SCC(=O)Nc2ccc(C)c(C)c2)nc2cc(Cl)ccc2c1=O. The maximum atomic E-state index is 12.9. The molecule has 1 amide bonds. The summed E-state index contributed by atoms with van der Waals surface area (Å²) in [6, 6.07) is 10.8. The van der Waals surface area contributed by atoms with Gasteiger partial charge in [0.15, 0.2) is 5.16 Å². The smallest absolute Gasteiger partial charge is 0.262 e. The Labute approximate surface area is 178 Å². The Hall–Kier alpha value is -2.35. The molecule has 3 rings (SSSR count). The second kappa shape index (κ2) is 9.43. The second-order valence-corrected chi connectivity index (χ2v) is 8.02. The van der Waals surface area contributed by atoms with E-state index in [-0.39, 0.29) is 17.2 Å². The van der Waals surface area contributed by atoms with Crippen LogP contribution in [0.1, 0.15) is 11.1 Å². The fourth-order valence-electron chi connectivity index (χ4n) is 2.81. The summed E-state index contributed by atoms with van der Waals surface area (Å²) >= 11 is 7.26. The van der Waals surface area contributed by atoms with Crippen molar-refractivity contribution in [2.75, 3.05) is 24.8 Å². The Bertz CT molecular complexity index is 1110. The summed E-state index contributed by atoms with van der Waals surface area (Å²) in [5.74, 6) is -0.0460. The van der Waals surface area contributed by atoms with E-state index in [1.807, 2.05) is 32.0 Å². The number of carbonyl (C=O) groups is 1. The molecular formula is C21H22ClN3O3S. The molecule has 0 radical (unpaired) electrons. The first-order chi connectivity index (χ1) is 13.9. The zero-order valence-corrected chi connectivity index (χ0v) is 18.1. The molecule has 3 aromatic rings. The van der Waals surface area contributed by atoms with Crippen LogP contribution >= 0.6 is 23.4 Å². The van der Waals surface area contributed by atoms with Crippen LogP contribution in [0, 0.1) is 13.8 Å². The zero-order chi connectivity index (χ0) is 21.0. The highest BCUT2D eigenvalue weighted by Gasteiger charge is 2.14. The lowest BCUT2D eigenvalue weighted by molar-refractivity contribution is -0.113. The van der Waals surface area contributed by atoms with Gasteiger partial charge < -0.3 is 10.1 Å². The van der Waals surface area contributed by atoms with Crippen LogP contribution in [0.2, 0.25) is 5.02 Å². The van der Waals surface area contributed by atoms with Gasteiger partial charge in [0.05, 0.1) is 29.8 Å². The van der Waals surface area contributed by atoms with E-state index in [4.69, 9.17) is 16.3 Å². The molecule has 29 heavy (non-hydrogen) atoms. The molecule has 0 bridgehead atoms. The molecular weight excluding hydrogens is 410 g/mol. The number of aryl methyl sites for hydroxylation is 2. The lowest BCUT2D eigenvalue weighted by Crippen LogP contribution is -2.26. The fourth-order valence-corrected chi connectivity index (χ4v) is 3.80. The first-order valence-electron chi connectivity index (χ1n) is 9.08. The Balaban J connectivity index is 1.82. The summed E-state index contributed by atoms with van der Waals surface area (Å²) in [4.78, 5) is 29.9. The minimum atomic E-state index is -0.180. The van der Waals surface area contributed by atoms with Crippen LogP contribution in [0.3, 0.4) is 0 Å². The molecule has 0 saturated carbocycles. The number of benzene rings is 2. The summed E-state index contributed by atoms with van der Waals surface area (Å²) in [6.07, 6.45) is 0. The number of nitrogens with one attached hydrogen (secondary N) is 1. The van der Waals surface area contributed by atoms with E-state index in [9.17, 15) is 9.59 Å². The largest absolute Gasteiger partial charge is 0.383 e. The first kappa shape index (κ1) is 21.4. The monoisotopic (exact) mass is 431 g/mol. The predicted molar refractivity (Wildman–Crippen MR) is 118 cm³/mol. The third-order valence-electron chi connectivity index (χ3n) is 4.52. The number of rotatable bonds is 7. The van der Waals surface area contributed by atoms with Crippen LogP contribution in [0.5, 0.6) is 0 Å². The number of fused-ring (bicyclic) bond motifs is 1. The maximum Gasteiger partial charge on any atom is 0.262 e. The van der Waals surface area contributed by atoms with Crippen LogP contribution in [0.15, 0.2) is 46.3 Å². The molecule has 1 N–H and O–H groups in total. The van der Waals surface area contributed by atoms with E-state index in [1.165, 1.54) is 21.9 Å². The van der Waals surface area contributed by atoms with Crippen LogP contribution in [-0.2, 0) is 16.1 Å². The van der Waals surface area contributed by atoms with Crippen molar-refractivity contribution >= 4 is 45.9 Å². The third kappa shape index (κ3) is 5.18. The Kier molecular flexibility index (Phi) is 6.95. The Morgan fingerprint density at radius 2 is 2.00 bits per heavy atom. The Morgan fingerprint density at radius 3 is 2.72 bits per heavy atom. The molecule has 0 aliphatic heterocycles. The molecule has 0 spiro atoms.